The number of hydrogen-bond acceptors (Lipinski definition) is 3. The fourth-order valence-electron chi connectivity index (χ4n) is 2.79. The summed E-state index contributed by atoms with van der Waals surface area (Å²) in [4.78, 5) is 12.0. The van der Waals surface area contributed by atoms with E-state index in [1.165, 1.54) is 19.4 Å². The first-order valence-corrected chi connectivity index (χ1v) is 8.71. The fraction of sp³-hybridized carbons (Fsp3) is 0.409. The summed E-state index contributed by atoms with van der Waals surface area (Å²) in [6.07, 6.45) is 2.45. The van der Waals surface area contributed by atoms with Crippen LogP contribution < -0.4 is 0 Å². The van der Waals surface area contributed by atoms with Gasteiger partial charge in [-0.1, -0.05) is 48.5 Å². The largest absolute Gasteiger partial charge is 0.390 e. The Bertz CT molecular complexity index is 699. The molecule has 2 N–H and O–H groups in total. The molecule has 0 radical (unpaired) electrons. The lowest BCUT2D eigenvalue weighted by Crippen LogP contribution is -2.31. The van der Waals surface area contributed by atoms with Crippen LogP contribution in [-0.4, -0.2) is 27.2 Å². The highest BCUT2D eigenvalue weighted by Crippen LogP contribution is 2.16. The smallest absolute Gasteiger partial charge is 0.193 e. The predicted molar refractivity (Wildman–Crippen MR) is 101 cm³/mol. The SMILES string of the molecule is CC(C)(O)Cc1ccc(CCc2ccc(C(=O)C(C)(C)O)cc2)cc1. The molecule has 25 heavy (non-hydrogen) atoms. The average Bonchev–Trinajstić information content (AvgIpc) is 2.52. The third kappa shape index (κ3) is 6.11. The predicted octanol–water partition coefficient (Wildman–Crippen LogP) is 3.74. The first kappa shape index (κ1) is 19.4. The summed E-state index contributed by atoms with van der Waals surface area (Å²) in [5.41, 5.74) is 2.04. The molecule has 0 aliphatic heterocycles. The maximum Gasteiger partial charge on any atom is 0.193 e. The highest BCUT2D eigenvalue weighted by atomic mass is 16.3. The van der Waals surface area contributed by atoms with Crippen LogP contribution in [0.2, 0.25) is 0 Å². The second-order valence-corrected chi connectivity index (χ2v) is 7.89. The summed E-state index contributed by atoms with van der Waals surface area (Å²) in [6, 6.07) is 15.8. The lowest BCUT2D eigenvalue weighted by molar-refractivity contribution is 0.0488. The Hall–Kier alpha value is -1.97. The number of hydrogen-bond donors (Lipinski definition) is 2. The summed E-state index contributed by atoms with van der Waals surface area (Å²) in [7, 11) is 0. The minimum absolute atomic E-state index is 0.263. The van der Waals surface area contributed by atoms with E-state index in [4.69, 9.17) is 0 Å². The topological polar surface area (TPSA) is 57.5 Å². The molecule has 0 atom stereocenters. The number of aryl methyl sites for hydroxylation is 2. The first-order chi connectivity index (χ1) is 11.5. The number of benzene rings is 2. The molecule has 0 unspecified atom stereocenters. The van der Waals surface area contributed by atoms with E-state index in [-0.39, 0.29) is 5.78 Å². The summed E-state index contributed by atoms with van der Waals surface area (Å²) in [5, 5.41) is 19.7. The number of rotatable bonds is 7. The minimum atomic E-state index is -1.34. The molecule has 0 heterocycles. The van der Waals surface area contributed by atoms with Crippen LogP contribution in [-0.2, 0) is 19.3 Å². The minimum Gasteiger partial charge on any atom is -0.390 e. The van der Waals surface area contributed by atoms with Crippen LogP contribution >= 0.6 is 0 Å². The Kier molecular flexibility index (Phi) is 5.81. The Balaban J connectivity index is 1.94. The Morgan fingerprint density at radius 1 is 0.760 bits per heavy atom. The van der Waals surface area contributed by atoms with Gasteiger partial charge in [0.25, 0.3) is 0 Å². The zero-order chi connectivity index (χ0) is 18.7. The third-order valence-corrected chi connectivity index (χ3v) is 4.13. The Labute approximate surface area is 150 Å². The van der Waals surface area contributed by atoms with Crippen molar-refractivity contribution in [2.24, 2.45) is 0 Å². The standard InChI is InChI=1S/C22H28O3/c1-21(2,24)15-18-9-7-16(8-10-18)5-6-17-11-13-19(14-12-17)20(23)22(3,4)25/h7-14,24-25H,5-6,15H2,1-4H3. The van der Waals surface area contributed by atoms with E-state index in [0.29, 0.717) is 12.0 Å². The molecule has 0 spiro atoms. The fourth-order valence-corrected chi connectivity index (χ4v) is 2.79. The van der Waals surface area contributed by atoms with Crippen molar-refractivity contribution in [3.05, 3.63) is 70.8 Å². The summed E-state index contributed by atoms with van der Waals surface area (Å²) in [6.45, 7) is 6.64. The quantitative estimate of drug-likeness (QED) is 0.755. The molecule has 0 aromatic heterocycles. The van der Waals surface area contributed by atoms with Gasteiger partial charge in [-0.25, -0.2) is 0 Å². The third-order valence-electron chi connectivity index (χ3n) is 4.13. The molecular formula is C22H28O3. The molecule has 0 aliphatic carbocycles. The van der Waals surface area contributed by atoms with Crippen molar-refractivity contribution in [3.63, 3.8) is 0 Å². The van der Waals surface area contributed by atoms with E-state index < -0.39 is 11.2 Å². The van der Waals surface area contributed by atoms with E-state index in [9.17, 15) is 15.0 Å². The molecule has 2 rings (SSSR count). The van der Waals surface area contributed by atoms with Crippen molar-refractivity contribution in [2.45, 2.75) is 58.2 Å². The van der Waals surface area contributed by atoms with Gasteiger partial charge in [-0.3, -0.25) is 4.79 Å². The molecule has 3 nitrogen and oxygen atoms in total. The zero-order valence-electron chi connectivity index (χ0n) is 15.5. The number of carbonyl (C=O) groups excluding carboxylic acids is 1. The number of carbonyl (C=O) groups is 1. The maximum absolute atomic E-state index is 12.0. The van der Waals surface area contributed by atoms with Crippen LogP contribution in [0.25, 0.3) is 0 Å². The molecule has 0 amide bonds. The molecule has 0 saturated carbocycles. The normalized spacial score (nSPS) is 12.2. The zero-order valence-corrected chi connectivity index (χ0v) is 15.5. The highest BCUT2D eigenvalue weighted by Gasteiger charge is 2.24. The molecule has 2 aromatic carbocycles. The Morgan fingerprint density at radius 3 is 1.56 bits per heavy atom. The molecular weight excluding hydrogens is 312 g/mol. The van der Waals surface area contributed by atoms with Gasteiger partial charge >= 0.3 is 0 Å². The molecule has 0 bridgehead atoms. The van der Waals surface area contributed by atoms with Crippen molar-refractivity contribution in [2.75, 3.05) is 0 Å². The summed E-state index contributed by atoms with van der Waals surface area (Å²) >= 11 is 0. The van der Waals surface area contributed by atoms with Gasteiger partial charge in [0.05, 0.1) is 5.60 Å². The average molecular weight is 340 g/mol. The monoisotopic (exact) mass is 340 g/mol. The van der Waals surface area contributed by atoms with Crippen LogP contribution in [0.3, 0.4) is 0 Å². The highest BCUT2D eigenvalue weighted by molar-refractivity contribution is 6.01. The van der Waals surface area contributed by atoms with E-state index >= 15 is 0 Å². The van der Waals surface area contributed by atoms with E-state index in [1.807, 2.05) is 26.0 Å². The molecule has 134 valence electrons. The summed E-state index contributed by atoms with van der Waals surface area (Å²) < 4.78 is 0. The maximum atomic E-state index is 12.0. The van der Waals surface area contributed by atoms with Gasteiger partial charge in [0, 0.05) is 12.0 Å². The van der Waals surface area contributed by atoms with Crippen LogP contribution in [0, 0.1) is 0 Å². The van der Waals surface area contributed by atoms with Crippen LogP contribution in [0.15, 0.2) is 48.5 Å². The van der Waals surface area contributed by atoms with Gasteiger partial charge in [0.15, 0.2) is 5.78 Å². The van der Waals surface area contributed by atoms with Crippen molar-refractivity contribution >= 4 is 5.78 Å². The number of aliphatic hydroxyl groups is 2. The van der Waals surface area contributed by atoms with Gasteiger partial charge < -0.3 is 10.2 Å². The van der Waals surface area contributed by atoms with E-state index in [0.717, 1.165) is 24.0 Å². The van der Waals surface area contributed by atoms with Crippen LogP contribution in [0.1, 0.15) is 54.7 Å². The van der Waals surface area contributed by atoms with Gasteiger partial charge in [0.1, 0.15) is 5.60 Å². The molecule has 2 aromatic rings. The van der Waals surface area contributed by atoms with E-state index in [1.54, 1.807) is 12.1 Å². The Morgan fingerprint density at radius 2 is 1.16 bits per heavy atom. The molecule has 0 fully saturated rings. The van der Waals surface area contributed by atoms with Gasteiger partial charge in [0.2, 0.25) is 0 Å². The second-order valence-electron chi connectivity index (χ2n) is 7.89. The molecule has 0 saturated heterocycles. The van der Waals surface area contributed by atoms with Gasteiger partial charge in [-0.2, -0.15) is 0 Å². The second kappa shape index (κ2) is 7.51. The number of Topliss-reactive ketones (excluding diaryl/α,β-unsaturated/α-hetero) is 1. The summed E-state index contributed by atoms with van der Waals surface area (Å²) in [5.74, 6) is -0.263. The lowest BCUT2D eigenvalue weighted by atomic mass is 9.94. The molecule has 0 aliphatic rings. The first-order valence-electron chi connectivity index (χ1n) is 8.71. The van der Waals surface area contributed by atoms with Crippen LogP contribution in [0.4, 0.5) is 0 Å². The molecule has 3 heteroatoms. The van der Waals surface area contributed by atoms with Crippen molar-refractivity contribution in [1.82, 2.24) is 0 Å². The van der Waals surface area contributed by atoms with Gasteiger partial charge in [-0.15, -0.1) is 0 Å². The van der Waals surface area contributed by atoms with Crippen molar-refractivity contribution in [1.29, 1.82) is 0 Å². The van der Waals surface area contributed by atoms with Crippen molar-refractivity contribution in [3.8, 4) is 0 Å². The number of ketones is 1. The van der Waals surface area contributed by atoms with E-state index in [2.05, 4.69) is 24.3 Å². The van der Waals surface area contributed by atoms with Crippen molar-refractivity contribution < 1.29 is 15.0 Å². The lowest BCUT2D eigenvalue weighted by Gasteiger charge is -2.17. The van der Waals surface area contributed by atoms with Gasteiger partial charge in [-0.05, 0) is 57.2 Å². The van der Waals surface area contributed by atoms with Crippen LogP contribution in [0.5, 0.6) is 0 Å².